The summed E-state index contributed by atoms with van der Waals surface area (Å²) in [5.41, 5.74) is 1.05. The van der Waals surface area contributed by atoms with Crippen molar-refractivity contribution in [2.45, 2.75) is 31.3 Å². The fraction of sp³-hybridized carbons (Fsp3) is 0.500. The highest BCUT2D eigenvalue weighted by atomic mass is 79.9. The Balaban J connectivity index is 2.49. The third kappa shape index (κ3) is 1.68. The van der Waals surface area contributed by atoms with E-state index in [2.05, 4.69) is 15.9 Å². The molecule has 1 aromatic rings. The van der Waals surface area contributed by atoms with E-state index in [9.17, 15) is 5.11 Å². The quantitative estimate of drug-likeness (QED) is 0.916. The Bertz CT molecular complexity index is 370. The molecule has 2 rings (SSSR count). The van der Waals surface area contributed by atoms with E-state index in [1.165, 1.54) is 0 Å². The van der Waals surface area contributed by atoms with Crippen molar-refractivity contribution >= 4 is 15.9 Å². The van der Waals surface area contributed by atoms with E-state index in [0.717, 1.165) is 28.6 Å². The Morgan fingerprint density at radius 2 is 2.13 bits per heavy atom. The molecule has 1 saturated carbocycles. The van der Waals surface area contributed by atoms with Gasteiger partial charge < -0.3 is 9.84 Å². The van der Waals surface area contributed by atoms with Crippen molar-refractivity contribution in [3.8, 4) is 5.75 Å². The molecule has 1 aliphatic rings. The fourth-order valence-electron chi connectivity index (χ4n) is 2.16. The Labute approximate surface area is 98.4 Å². The molecule has 1 aromatic carbocycles. The highest BCUT2D eigenvalue weighted by molar-refractivity contribution is 9.10. The lowest BCUT2D eigenvalue weighted by Crippen LogP contribution is -2.23. The first-order valence-electron chi connectivity index (χ1n) is 5.13. The summed E-state index contributed by atoms with van der Waals surface area (Å²) in [6.45, 7) is 1.85. The lowest BCUT2D eigenvalue weighted by molar-refractivity contribution is 0.149. The van der Waals surface area contributed by atoms with Gasteiger partial charge in [0.1, 0.15) is 5.75 Å². The molecule has 2 nitrogen and oxygen atoms in total. The van der Waals surface area contributed by atoms with Crippen LogP contribution >= 0.6 is 15.9 Å². The van der Waals surface area contributed by atoms with Crippen LogP contribution in [-0.2, 0) is 5.41 Å². The maximum atomic E-state index is 9.84. The van der Waals surface area contributed by atoms with E-state index in [-0.39, 0.29) is 11.5 Å². The molecule has 0 spiro atoms. The van der Waals surface area contributed by atoms with Crippen LogP contribution in [0.4, 0.5) is 0 Å². The fourth-order valence-corrected chi connectivity index (χ4v) is 2.68. The molecule has 1 fully saturated rings. The van der Waals surface area contributed by atoms with Gasteiger partial charge in [-0.1, -0.05) is 12.1 Å². The summed E-state index contributed by atoms with van der Waals surface area (Å²) in [5.74, 6) is 0.857. The van der Waals surface area contributed by atoms with Crippen LogP contribution in [0.1, 0.15) is 25.3 Å². The SMILES string of the molecule is COc1c(Br)cccc1C1(C(C)O)CC1. The Kier molecular flexibility index (Phi) is 2.77. The molecular formula is C12H15BrO2. The van der Waals surface area contributed by atoms with Gasteiger partial charge in [0.25, 0.3) is 0 Å². The minimum atomic E-state index is -0.319. The zero-order valence-electron chi connectivity index (χ0n) is 8.96. The van der Waals surface area contributed by atoms with Crippen LogP contribution in [0.2, 0.25) is 0 Å². The molecule has 0 amide bonds. The van der Waals surface area contributed by atoms with Gasteiger partial charge in [0.05, 0.1) is 17.7 Å². The highest BCUT2D eigenvalue weighted by Crippen LogP contribution is 2.54. The van der Waals surface area contributed by atoms with Crippen molar-refractivity contribution in [1.82, 2.24) is 0 Å². The molecule has 82 valence electrons. The lowest BCUT2D eigenvalue weighted by Gasteiger charge is -2.22. The minimum Gasteiger partial charge on any atom is -0.495 e. The van der Waals surface area contributed by atoms with Gasteiger partial charge in [-0.15, -0.1) is 0 Å². The zero-order valence-corrected chi connectivity index (χ0v) is 10.5. The largest absolute Gasteiger partial charge is 0.495 e. The van der Waals surface area contributed by atoms with E-state index in [4.69, 9.17) is 4.74 Å². The first-order chi connectivity index (χ1) is 7.12. The number of hydrogen-bond acceptors (Lipinski definition) is 2. The zero-order chi connectivity index (χ0) is 11.1. The normalized spacial score (nSPS) is 19.7. The molecule has 0 heterocycles. The van der Waals surface area contributed by atoms with Crippen molar-refractivity contribution in [3.05, 3.63) is 28.2 Å². The van der Waals surface area contributed by atoms with Crippen LogP contribution in [0.15, 0.2) is 22.7 Å². The minimum absolute atomic E-state index is 0.0743. The number of ether oxygens (including phenoxy) is 1. The molecule has 1 N–H and O–H groups in total. The summed E-state index contributed by atoms with van der Waals surface area (Å²) in [6, 6.07) is 5.99. The number of methoxy groups -OCH3 is 1. The molecule has 0 aliphatic heterocycles. The average molecular weight is 271 g/mol. The van der Waals surface area contributed by atoms with Gasteiger partial charge in [-0.3, -0.25) is 0 Å². The number of aliphatic hydroxyl groups is 1. The molecule has 0 radical (unpaired) electrons. The van der Waals surface area contributed by atoms with E-state index >= 15 is 0 Å². The van der Waals surface area contributed by atoms with Gasteiger partial charge in [0, 0.05) is 11.0 Å². The second kappa shape index (κ2) is 3.80. The summed E-state index contributed by atoms with van der Waals surface area (Å²) in [4.78, 5) is 0. The molecule has 0 bridgehead atoms. The van der Waals surface area contributed by atoms with E-state index in [1.54, 1.807) is 7.11 Å². The molecule has 15 heavy (non-hydrogen) atoms. The number of halogens is 1. The first kappa shape index (κ1) is 11.0. The number of rotatable bonds is 3. The van der Waals surface area contributed by atoms with E-state index in [1.807, 2.05) is 25.1 Å². The molecule has 1 unspecified atom stereocenters. The van der Waals surface area contributed by atoms with Gasteiger partial charge in [-0.25, -0.2) is 0 Å². The molecule has 1 atom stereocenters. The van der Waals surface area contributed by atoms with Crippen molar-refractivity contribution in [3.63, 3.8) is 0 Å². The van der Waals surface area contributed by atoms with Crippen molar-refractivity contribution in [1.29, 1.82) is 0 Å². The van der Waals surface area contributed by atoms with E-state index in [0.29, 0.717) is 0 Å². The number of hydrogen-bond donors (Lipinski definition) is 1. The number of aliphatic hydroxyl groups excluding tert-OH is 1. The maximum absolute atomic E-state index is 9.84. The van der Waals surface area contributed by atoms with Gasteiger partial charge in [0.15, 0.2) is 0 Å². The maximum Gasteiger partial charge on any atom is 0.136 e. The summed E-state index contributed by atoms with van der Waals surface area (Å²) < 4.78 is 6.35. The Hall–Kier alpha value is -0.540. The standard InChI is InChI=1S/C12H15BrO2/c1-8(14)12(6-7-12)9-4-3-5-10(13)11(9)15-2/h3-5,8,14H,6-7H2,1-2H3. The van der Waals surface area contributed by atoms with Crippen LogP contribution in [0.5, 0.6) is 5.75 Å². The topological polar surface area (TPSA) is 29.5 Å². The van der Waals surface area contributed by atoms with Gasteiger partial charge in [-0.05, 0) is 41.8 Å². The first-order valence-corrected chi connectivity index (χ1v) is 5.92. The van der Waals surface area contributed by atoms with Gasteiger partial charge in [0.2, 0.25) is 0 Å². The third-order valence-electron chi connectivity index (χ3n) is 3.30. The van der Waals surface area contributed by atoms with Crippen LogP contribution < -0.4 is 4.74 Å². The summed E-state index contributed by atoms with van der Waals surface area (Å²) in [6.07, 6.45) is 1.76. The smallest absolute Gasteiger partial charge is 0.136 e. The van der Waals surface area contributed by atoms with Crippen molar-refractivity contribution < 1.29 is 9.84 Å². The van der Waals surface area contributed by atoms with E-state index < -0.39 is 0 Å². The predicted molar refractivity (Wildman–Crippen MR) is 63.3 cm³/mol. The van der Waals surface area contributed by atoms with Crippen molar-refractivity contribution in [2.75, 3.05) is 7.11 Å². The molecule has 1 aliphatic carbocycles. The Morgan fingerprint density at radius 3 is 2.60 bits per heavy atom. The number of benzene rings is 1. The molecule has 3 heteroatoms. The van der Waals surface area contributed by atoms with Crippen LogP contribution in [0.25, 0.3) is 0 Å². The van der Waals surface area contributed by atoms with Gasteiger partial charge >= 0.3 is 0 Å². The summed E-state index contributed by atoms with van der Waals surface area (Å²) >= 11 is 3.47. The second-order valence-corrected chi connectivity index (χ2v) is 5.01. The second-order valence-electron chi connectivity index (χ2n) is 4.15. The highest BCUT2D eigenvalue weighted by Gasteiger charge is 2.50. The number of para-hydroxylation sites is 1. The average Bonchev–Trinajstić information content (AvgIpc) is 2.98. The summed E-state index contributed by atoms with van der Waals surface area (Å²) in [7, 11) is 1.67. The molecule has 0 saturated heterocycles. The van der Waals surface area contributed by atoms with Crippen LogP contribution in [0, 0.1) is 0 Å². The van der Waals surface area contributed by atoms with Crippen molar-refractivity contribution in [2.24, 2.45) is 0 Å². The monoisotopic (exact) mass is 270 g/mol. The lowest BCUT2D eigenvalue weighted by atomic mass is 9.90. The molecular weight excluding hydrogens is 256 g/mol. The predicted octanol–water partition coefficient (Wildman–Crippen LogP) is 2.87. The van der Waals surface area contributed by atoms with Gasteiger partial charge in [-0.2, -0.15) is 0 Å². The third-order valence-corrected chi connectivity index (χ3v) is 3.92. The molecule has 0 aromatic heterocycles. The van der Waals surface area contributed by atoms with Crippen LogP contribution in [0.3, 0.4) is 0 Å². The summed E-state index contributed by atoms with van der Waals surface area (Å²) in [5, 5.41) is 9.84. The van der Waals surface area contributed by atoms with Crippen LogP contribution in [-0.4, -0.2) is 18.3 Å². The Morgan fingerprint density at radius 1 is 1.47 bits per heavy atom.